The van der Waals surface area contributed by atoms with E-state index >= 15 is 0 Å². The third-order valence-electron chi connectivity index (χ3n) is 5.40. The summed E-state index contributed by atoms with van der Waals surface area (Å²) in [5.41, 5.74) is 6.90. The number of rotatable bonds is 7. The fraction of sp³-hybridized carbons (Fsp3) is 0.133. The van der Waals surface area contributed by atoms with E-state index in [2.05, 4.69) is 125 Å². The third-order valence-corrected chi connectivity index (χ3v) is 10.2. The number of aliphatic imine (C=N–C) groups is 2. The zero-order chi connectivity index (χ0) is 23.9. The van der Waals surface area contributed by atoms with Gasteiger partial charge in [0.2, 0.25) is 0 Å². The Morgan fingerprint density at radius 2 is 0.765 bits per heavy atom. The summed E-state index contributed by atoms with van der Waals surface area (Å²) in [6.07, 6.45) is 0. The standard InChI is InChI=1S/C30H28N2Se2/c1-21-13-11-14-22(2)27(21)31-29(33-25-17-7-5-8-18-25)30(34-26-19-9-6-10-20-26)32-28-23(3)15-12-16-24(28)4/h5-20H,1-4H3. The molecule has 0 N–H and O–H groups in total. The van der Waals surface area contributed by atoms with Crippen molar-refractivity contribution in [3.8, 4) is 0 Å². The van der Waals surface area contributed by atoms with Crippen molar-refractivity contribution in [3.05, 3.63) is 119 Å². The third kappa shape index (κ3) is 6.23. The number of benzene rings is 4. The van der Waals surface area contributed by atoms with Crippen LogP contribution in [0.2, 0.25) is 0 Å². The van der Waals surface area contributed by atoms with E-state index in [1.807, 2.05) is 0 Å². The van der Waals surface area contributed by atoms with E-state index in [4.69, 9.17) is 9.98 Å². The summed E-state index contributed by atoms with van der Waals surface area (Å²) in [5.74, 6) is 0. The van der Waals surface area contributed by atoms with Gasteiger partial charge in [0.05, 0.1) is 0 Å². The van der Waals surface area contributed by atoms with Crippen LogP contribution in [0.4, 0.5) is 11.4 Å². The summed E-state index contributed by atoms with van der Waals surface area (Å²) in [6.45, 7) is 8.57. The Hall–Kier alpha value is -2.74. The average molecular weight is 574 g/mol. The molecule has 0 saturated heterocycles. The van der Waals surface area contributed by atoms with Crippen molar-refractivity contribution in [2.75, 3.05) is 0 Å². The van der Waals surface area contributed by atoms with E-state index in [1.165, 1.54) is 31.2 Å². The molecule has 0 aromatic heterocycles. The Morgan fingerprint density at radius 1 is 0.441 bits per heavy atom. The number of aryl methyl sites for hydroxylation is 4. The van der Waals surface area contributed by atoms with E-state index in [0.717, 1.165) is 20.6 Å². The first-order valence-corrected chi connectivity index (χ1v) is 14.7. The van der Waals surface area contributed by atoms with Crippen molar-refractivity contribution >= 4 is 59.4 Å². The van der Waals surface area contributed by atoms with Gasteiger partial charge in [-0.1, -0.05) is 0 Å². The minimum absolute atomic E-state index is 0.0297. The summed E-state index contributed by atoms with van der Waals surface area (Å²) in [5, 5.41) is 0. The molecule has 4 heteroatoms. The molecule has 4 aromatic rings. The van der Waals surface area contributed by atoms with Crippen molar-refractivity contribution in [1.82, 2.24) is 0 Å². The van der Waals surface area contributed by atoms with Crippen LogP contribution in [0, 0.1) is 27.7 Å². The van der Waals surface area contributed by atoms with Crippen molar-refractivity contribution in [2.45, 2.75) is 27.7 Å². The first-order valence-electron chi connectivity index (χ1n) is 11.3. The Balaban J connectivity index is 1.91. The van der Waals surface area contributed by atoms with Gasteiger partial charge in [-0.2, -0.15) is 0 Å². The molecule has 0 saturated carbocycles. The molecule has 4 aromatic carbocycles. The van der Waals surface area contributed by atoms with E-state index in [0.29, 0.717) is 0 Å². The SMILES string of the molecule is Cc1cccc(C)c1N=C([Se]c1ccccc1)C(=Nc1c(C)cccc1C)[Se]c1ccccc1. The van der Waals surface area contributed by atoms with Crippen LogP contribution < -0.4 is 8.92 Å². The normalized spacial score (nSPS) is 12.1. The summed E-state index contributed by atoms with van der Waals surface area (Å²) < 4.78 is 4.81. The maximum atomic E-state index is 5.33. The van der Waals surface area contributed by atoms with Gasteiger partial charge in [0.15, 0.2) is 0 Å². The van der Waals surface area contributed by atoms with Crippen LogP contribution in [0.25, 0.3) is 0 Å². The van der Waals surface area contributed by atoms with Gasteiger partial charge in [-0.3, -0.25) is 0 Å². The molecule has 0 amide bonds. The second-order valence-electron chi connectivity index (χ2n) is 8.14. The van der Waals surface area contributed by atoms with Crippen molar-refractivity contribution in [1.29, 1.82) is 0 Å². The molecule has 0 heterocycles. The predicted octanol–water partition coefficient (Wildman–Crippen LogP) is 5.74. The Labute approximate surface area is 215 Å². The number of hydrogen-bond donors (Lipinski definition) is 0. The molecule has 4 rings (SSSR count). The average Bonchev–Trinajstić information content (AvgIpc) is 2.84. The Bertz CT molecular complexity index is 1180. The Morgan fingerprint density at radius 3 is 1.09 bits per heavy atom. The van der Waals surface area contributed by atoms with Gasteiger partial charge in [0, 0.05) is 0 Å². The molecule has 2 nitrogen and oxygen atoms in total. The van der Waals surface area contributed by atoms with Crippen LogP contribution in [-0.2, 0) is 0 Å². The molecule has 170 valence electrons. The second kappa shape index (κ2) is 11.6. The zero-order valence-corrected chi connectivity index (χ0v) is 23.4. The fourth-order valence-corrected chi connectivity index (χ4v) is 7.80. The monoisotopic (exact) mass is 576 g/mol. The van der Waals surface area contributed by atoms with E-state index in [9.17, 15) is 0 Å². The molecule has 0 spiro atoms. The van der Waals surface area contributed by atoms with Crippen LogP contribution in [0.3, 0.4) is 0 Å². The molecule has 0 bridgehead atoms. The predicted molar refractivity (Wildman–Crippen MR) is 150 cm³/mol. The molecule has 0 atom stereocenters. The van der Waals surface area contributed by atoms with Gasteiger partial charge in [0.25, 0.3) is 0 Å². The molecular weight excluding hydrogens is 546 g/mol. The molecule has 0 aliphatic heterocycles. The Kier molecular flexibility index (Phi) is 8.32. The van der Waals surface area contributed by atoms with Crippen LogP contribution in [0.15, 0.2) is 107 Å². The van der Waals surface area contributed by atoms with Gasteiger partial charge in [-0.05, 0) is 0 Å². The summed E-state index contributed by atoms with van der Waals surface area (Å²) in [6, 6.07) is 34.2. The molecule has 0 fully saturated rings. The number of hydrogen-bond acceptors (Lipinski definition) is 2. The summed E-state index contributed by atoms with van der Waals surface area (Å²) in [4.78, 5) is 10.7. The van der Waals surface area contributed by atoms with Crippen molar-refractivity contribution in [2.24, 2.45) is 9.98 Å². The first kappa shape index (κ1) is 24.4. The number of nitrogens with zero attached hydrogens (tertiary/aromatic N) is 2. The molecule has 0 radical (unpaired) electrons. The zero-order valence-electron chi connectivity index (χ0n) is 19.9. The van der Waals surface area contributed by atoms with Gasteiger partial charge in [0.1, 0.15) is 0 Å². The second-order valence-corrected chi connectivity index (χ2v) is 12.6. The molecule has 0 aliphatic rings. The van der Waals surface area contributed by atoms with E-state index in [-0.39, 0.29) is 29.9 Å². The number of para-hydroxylation sites is 2. The van der Waals surface area contributed by atoms with Crippen LogP contribution in [-0.4, -0.2) is 39.1 Å². The van der Waals surface area contributed by atoms with Crippen LogP contribution >= 0.6 is 0 Å². The van der Waals surface area contributed by atoms with Gasteiger partial charge in [-0.25, -0.2) is 0 Å². The van der Waals surface area contributed by atoms with E-state index in [1.54, 1.807) is 0 Å². The van der Waals surface area contributed by atoms with Crippen LogP contribution in [0.1, 0.15) is 22.3 Å². The summed E-state index contributed by atoms with van der Waals surface area (Å²) in [7, 11) is 0. The molecule has 0 aliphatic carbocycles. The van der Waals surface area contributed by atoms with E-state index < -0.39 is 0 Å². The van der Waals surface area contributed by atoms with Gasteiger partial charge in [-0.15, -0.1) is 0 Å². The summed E-state index contributed by atoms with van der Waals surface area (Å²) >= 11 is 0.0594. The maximum absolute atomic E-state index is 5.33. The van der Waals surface area contributed by atoms with Gasteiger partial charge < -0.3 is 0 Å². The molecule has 0 unspecified atom stereocenters. The molecular formula is C30H28N2Se2. The topological polar surface area (TPSA) is 24.7 Å². The minimum atomic E-state index is 0.0297. The fourth-order valence-electron chi connectivity index (χ4n) is 3.60. The quantitative estimate of drug-likeness (QED) is 0.199. The van der Waals surface area contributed by atoms with Crippen molar-refractivity contribution < 1.29 is 0 Å². The van der Waals surface area contributed by atoms with Gasteiger partial charge >= 0.3 is 216 Å². The first-order chi connectivity index (χ1) is 16.5. The van der Waals surface area contributed by atoms with Crippen LogP contribution in [0.5, 0.6) is 0 Å². The van der Waals surface area contributed by atoms with Crippen molar-refractivity contribution in [3.63, 3.8) is 0 Å². The molecule has 34 heavy (non-hydrogen) atoms.